The fraction of sp³-hybridized carbons (Fsp3) is 0.385. The molecule has 1 aromatic heterocycles. The van der Waals surface area contributed by atoms with Gasteiger partial charge in [0, 0.05) is 28.2 Å². The lowest BCUT2D eigenvalue weighted by Crippen LogP contribution is -2.41. The van der Waals surface area contributed by atoms with Crippen LogP contribution >= 0.6 is 11.6 Å². The van der Waals surface area contributed by atoms with E-state index in [2.05, 4.69) is 10.6 Å². The molecule has 0 spiro atoms. The van der Waals surface area contributed by atoms with Crippen molar-refractivity contribution >= 4 is 40.3 Å². The van der Waals surface area contributed by atoms with Gasteiger partial charge in [0.15, 0.2) is 6.10 Å². The maximum atomic E-state index is 12.8. The number of aryl methyl sites for hydroxylation is 1. The van der Waals surface area contributed by atoms with Crippen LogP contribution < -0.4 is 4.90 Å². The summed E-state index contributed by atoms with van der Waals surface area (Å²) >= 11 is 6.17. The lowest BCUT2D eigenvalue weighted by atomic mass is 9.87. The Hall–Kier alpha value is -3.03. The number of carboxylic acids is 1. The van der Waals surface area contributed by atoms with Gasteiger partial charge in [-0.25, -0.2) is 9.59 Å². The van der Waals surface area contributed by atoms with Crippen molar-refractivity contribution < 1.29 is 24.2 Å². The zero-order valence-electron chi connectivity index (χ0n) is 19.8. The van der Waals surface area contributed by atoms with E-state index < -0.39 is 23.8 Å². The number of fused-ring (bicyclic) bond motifs is 2. The first-order chi connectivity index (χ1) is 16.0. The van der Waals surface area contributed by atoms with Crippen LogP contribution in [-0.2, 0) is 20.8 Å². The molecule has 2 aromatic carbocycles. The van der Waals surface area contributed by atoms with Crippen molar-refractivity contribution in [2.24, 2.45) is 0 Å². The number of halogens is 1. The number of aliphatic carboxylic acids is 1. The molecule has 0 unspecified atom stereocenters. The Morgan fingerprint density at radius 2 is 1.91 bits per heavy atom. The van der Waals surface area contributed by atoms with Crippen LogP contribution in [0.2, 0.25) is 5.02 Å². The second-order valence-electron chi connectivity index (χ2n) is 9.98. The number of amides is 1. The average molecular weight is 483 g/mol. The molecule has 3 aromatic rings. The number of anilines is 1. The molecule has 0 aliphatic carbocycles. The average Bonchev–Trinajstić information content (AvgIpc) is 3.29. The lowest BCUT2D eigenvalue weighted by molar-refractivity contribution is -0.160. The first-order valence-corrected chi connectivity index (χ1v) is 11.6. The van der Waals surface area contributed by atoms with Crippen molar-refractivity contribution in [3.05, 3.63) is 52.2 Å². The minimum Gasteiger partial charge on any atom is -0.479 e. The van der Waals surface area contributed by atoms with E-state index in [1.807, 2.05) is 46.8 Å². The molecule has 178 valence electrons. The number of hydrogen-bond acceptors (Lipinski definition) is 4. The number of ether oxygens (including phenoxy) is 2. The van der Waals surface area contributed by atoms with Gasteiger partial charge in [0.2, 0.25) is 0 Å². The van der Waals surface area contributed by atoms with Gasteiger partial charge >= 0.3 is 12.1 Å². The van der Waals surface area contributed by atoms with Gasteiger partial charge in [-0.1, -0.05) is 23.7 Å². The maximum absolute atomic E-state index is 12.8. The van der Waals surface area contributed by atoms with E-state index in [1.54, 1.807) is 17.0 Å². The van der Waals surface area contributed by atoms with Gasteiger partial charge < -0.3 is 19.1 Å². The van der Waals surface area contributed by atoms with E-state index in [4.69, 9.17) is 21.1 Å². The van der Waals surface area contributed by atoms with Crippen molar-refractivity contribution in [3.8, 4) is 11.1 Å². The highest BCUT2D eigenvalue weighted by Crippen LogP contribution is 2.49. The summed E-state index contributed by atoms with van der Waals surface area (Å²) < 4.78 is 13.7. The first-order valence-electron chi connectivity index (χ1n) is 11.3. The zero-order chi connectivity index (χ0) is 24.5. The van der Waals surface area contributed by atoms with Crippen LogP contribution in [0.3, 0.4) is 0 Å². The lowest BCUT2D eigenvalue weighted by Gasteiger charge is -2.34. The summed E-state index contributed by atoms with van der Waals surface area (Å²) in [5.41, 5.74) is 4.75. The largest absolute Gasteiger partial charge is 0.479 e. The summed E-state index contributed by atoms with van der Waals surface area (Å²) in [6, 6.07) is 9.28. The summed E-state index contributed by atoms with van der Waals surface area (Å²) in [5.74, 6) is -1.09. The summed E-state index contributed by atoms with van der Waals surface area (Å²) in [4.78, 5) is 27.1. The zero-order valence-corrected chi connectivity index (χ0v) is 20.6. The van der Waals surface area contributed by atoms with Crippen molar-refractivity contribution in [3.63, 3.8) is 0 Å². The Bertz CT molecular complexity index is 1340. The third kappa shape index (κ3) is 3.46. The van der Waals surface area contributed by atoms with Crippen LogP contribution in [0.1, 0.15) is 43.7 Å². The Morgan fingerprint density at radius 1 is 1.24 bits per heavy atom. The summed E-state index contributed by atoms with van der Waals surface area (Å²) in [6.45, 7) is 10.3. The molecular weight excluding hydrogens is 456 g/mol. The molecule has 8 heteroatoms. The maximum Gasteiger partial charge on any atom is 0.414 e. The minimum absolute atomic E-state index is 0.144. The molecule has 1 fully saturated rings. The predicted octanol–water partition coefficient (Wildman–Crippen LogP) is 5.86. The number of carbonyl (C=O) groups is 2. The molecule has 7 nitrogen and oxygen atoms in total. The monoisotopic (exact) mass is 482 g/mol. The van der Waals surface area contributed by atoms with Crippen molar-refractivity contribution in [2.75, 3.05) is 11.5 Å². The van der Waals surface area contributed by atoms with Gasteiger partial charge in [-0.05, 0) is 69.5 Å². The molecule has 2 aliphatic heterocycles. The SMILES string of the molecule is Cc1c([C@H](OC(C)(C)C)C(=O)O)c(-c2ccc(Cl)cc2)c2cc(C)n3c2c1N1C(=O)OC[C@H]1C3. The minimum atomic E-state index is -1.24. The summed E-state index contributed by atoms with van der Waals surface area (Å²) in [6.07, 6.45) is -1.65. The van der Waals surface area contributed by atoms with E-state index in [0.717, 1.165) is 27.7 Å². The highest BCUT2D eigenvalue weighted by atomic mass is 35.5. The molecule has 34 heavy (non-hydrogen) atoms. The second-order valence-corrected chi connectivity index (χ2v) is 10.4. The van der Waals surface area contributed by atoms with Crippen LogP contribution in [0.25, 0.3) is 22.0 Å². The Kier molecular flexibility index (Phi) is 5.18. The molecule has 0 saturated carbocycles. The van der Waals surface area contributed by atoms with Crippen molar-refractivity contribution in [1.82, 2.24) is 4.57 Å². The molecule has 0 radical (unpaired) electrons. The number of carboxylic acid groups (broad SMARTS) is 1. The summed E-state index contributed by atoms with van der Waals surface area (Å²) in [7, 11) is 0. The van der Waals surface area contributed by atoms with E-state index in [9.17, 15) is 14.7 Å². The quantitative estimate of drug-likeness (QED) is 0.503. The molecule has 2 atom stereocenters. The fourth-order valence-corrected chi connectivity index (χ4v) is 5.34. The normalized spacial score (nSPS) is 18.2. The third-order valence-corrected chi connectivity index (χ3v) is 6.76. The van der Waals surface area contributed by atoms with Crippen LogP contribution in [0, 0.1) is 13.8 Å². The molecular formula is C26H27ClN2O5. The van der Waals surface area contributed by atoms with Crippen LogP contribution in [-0.4, -0.2) is 40.0 Å². The van der Waals surface area contributed by atoms with Gasteiger partial charge in [0.05, 0.1) is 22.8 Å². The Morgan fingerprint density at radius 3 is 2.53 bits per heavy atom. The standard InChI is InChI=1S/C26H27ClN2O5/c1-13-10-18-20(15-6-8-16(27)9-7-15)19(23(24(30)31)34-26(3,4)5)14(2)21-22(18)28(13)11-17-12-33-25(32)29(17)21/h6-10,17,23H,11-12H2,1-5H3,(H,30,31)/t17-,23+/m1/s1. The van der Waals surface area contributed by atoms with E-state index in [0.29, 0.717) is 35.0 Å². The van der Waals surface area contributed by atoms with Gasteiger partial charge in [0.25, 0.3) is 0 Å². The first kappa shape index (κ1) is 22.7. The van der Waals surface area contributed by atoms with E-state index in [1.165, 1.54) is 0 Å². The van der Waals surface area contributed by atoms with Crippen molar-refractivity contribution in [2.45, 2.75) is 58.9 Å². The molecule has 0 bridgehead atoms. The van der Waals surface area contributed by atoms with Gasteiger partial charge in [-0.15, -0.1) is 0 Å². The van der Waals surface area contributed by atoms with Gasteiger partial charge in [-0.2, -0.15) is 0 Å². The number of carbonyl (C=O) groups excluding carboxylic acids is 1. The van der Waals surface area contributed by atoms with Crippen LogP contribution in [0.4, 0.5) is 10.5 Å². The predicted molar refractivity (Wildman–Crippen MR) is 131 cm³/mol. The number of nitrogens with zero attached hydrogens (tertiary/aromatic N) is 2. The highest BCUT2D eigenvalue weighted by Gasteiger charge is 2.43. The summed E-state index contributed by atoms with van der Waals surface area (Å²) in [5, 5.41) is 11.8. The molecule has 1 N–H and O–H groups in total. The second kappa shape index (κ2) is 7.75. The Labute approximate surface area is 202 Å². The fourth-order valence-electron chi connectivity index (χ4n) is 5.21. The molecule has 1 amide bonds. The molecule has 2 aliphatic rings. The number of aromatic nitrogens is 1. The topological polar surface area (TPSA) is 81.0 Å². The molecule has 1 saturated heterocycles. The number of hydrogen-bond donors (Lipinski definition) is 1. The van der Waals surface area contributed by atoms with Crippen molar-refractivity contribution in [1.29, 1.82) is 0 Å². The molecule has 3 heterocycles. The Balaban J connectivity index is 1.92. The number of rotatable bonds is 4. The number of benzene rings is 2. The van der Waals surface area contributed by atoms with E-state index in [-0.39, 0.29) is 6.04 Å². The third-order valence-electron chi connectivity index (χ3n) is 6.51. The smallest absolute Gasteiger partial charge is 0.414 e. The van der Waals surface area contributed by atoms with Crippen LogP contribution in [0.5, 0.6) is 0 Å². The highest BCUT2D eigenvalue weighted by molar-refractivity contribution is 6.30. The van der Waals surface area contributed by atoms with Crippen LogP contribution in [0.15, 0.2) is 30.3 Å². The number of cyclic esters (lactones) is 1. The molecule has 5 rings (SSSR count). The van der Waals surface area contributed by atoms with E-state index >= 15 is 0 Å². The van der Waals surface area contributed by atoms with Gasteiger partial charge in [-0.3, -0.25) is 4.90 Å². The van der Waals surface area contributed by atoms with Gasteiger partial charge in [0.1, 0.15) is 6.61 Å².